The largest absolute Gasteiger partial charge is 0.330 e. The molecule has 0 radical (unpaired) electrons. The van der Waals surface area contributed by atoms with Gasteiger partial charge in [-0.25, -0.2) is 4.98 Å². The zero-order chi connectivity index (χ0) is 13.6. The van der Waals surface area contributed by atoms with Crippen LogP contribution >= 0.6 is 24.0 Å². The van der Waals surface area contributed by atoms with E-state index in [1.165, 1.54) is 0 Å². The normalized spacial score (nSPS) is 23.2. The Morgan fingerprint density at radius 3 is 2.80 bits per heavy atom. The van der Waals surface area contributed by atoms with Gasteiger partial charge in [0.1, 0.15) is 5.82 Å². The molecule has 0 spiro atoms. The van der Waals surface area contributed by atoms with Crippen LogP contribution in [0, 0.1) is 5.92 Å². The van der Waals surface area contributed by atoms with Gasteiger partial charge in [-0.3, -0.25) is 4.90 Å². The zero-order valence-corrected chi connectivity index (χ0v) is 13.3. The van der Waals surface area contributed by atoms with Gasteiger partial charge in [0.15, 0.2) is 0 Å². The van der Waals surface area contributed by atoms with Crippen molar-refractivity contribution in [1.82, 2.24) is 14.5 Å². The van der Waals surface area contributed by atoms with Crippen molar-refractivity contribution in [2.75, 3.05) is 13.1 Å². The van der Waals surface area contributed by atoms with Crippen LogP contribution in [0.15, 0.2) is 18.2 Å². The number of aryl methyl sites for hydroxylation is 1. The van der Waals surface area contributed by atoms with Gasteiger partial charge in [0.2, 0.25) is 0 Å². The van der Waals surface area contributed by atoms with Crippen LogP contribution in [0.4, 0.5) is 0 Å². The highest BCUT2D eigenvalue weighted by Crippen LogP contribution is 2.22. The molecule has 6 heteroatoms. The topological polar surface area (TPSA) is 47.1 Å². The molecule has 1 aliphatic rings. The number of rotatable bonds is 2. The number of imidazole rings is 1. The first-order valence-corrected chi connectivity index (χ1v) is 7.01. The van der Waals surface area contributed by atoms with E-state index in [2.05, 4.69) is 21.4 Å². The Balaban J connectivity index is 0.00000147. The summed E-state index contributed by atoms with van der Waals surface area (Å²) in [6.07, 6.45) is 0. The van der Waals surface area contributed by atoms with Crippen molar-refractivity contribution >= 4 is 35.0 Å². The average molecular weight is 315 g/mol. The molecule has 0 saturated carbocycles. The summed E-state index contributed by atoms with van der Waals surface area (Å²) in [5.74, 6) is 1.63. The fraction of sp³-hybridized carbons (Fsp3) is 0.500. The molecule has 1 aliphatic heterocycles. The summed E-state index contributed by atoms with van der Waals surface area (Å²) in [6, 6.07) is 6.10. The minimum absolute atomic E-state index is 0. The highest BCUT2D eigenvalue weighted by molar-refractivity contribution is 6.31. The van der Waals surface area contributed by atoms with Gasteiger partial charge < -0.3 is 10.3 Å². The number of nitrogens with zero attached hydrogens (tertiary/aromatic N) is 3. The molecule has 2 N–H and O–H groups in total. The Hall–Kier alpha value is -0.810. The fourth-order valence-corrected chi connectivity index (χ4v) is 2.95. The van der Waals surface area contributed by atoms with Crippen molar-refractivity contribution < 1.29 is 0 Å². The molecule has 2 heterocycles. The Morgan fingerprint density at radius 1 is 1.40 bits per heavy atom. The zero-order valence-electron chi connectivity index (χ0n) is 11.7. The number of aromatic nitrogens is 2. The predicted molar refractivity (Wildman–Crippen MR) is 85.4 cm³/mol. The second kappa shape index (κ2) is 5.90. The van der Waals surface area contributed by atoms with Gasteiger partial charge in [-0.05, 0) is 24.1 Å². The number of fused-ring (bicyclic) bond motifs is 1. The second-order valence-electron chi connectivity index (χ2n) is 5.56. The summed E-state index contributed by atoms with van der Waals surface area (Å²) < 4.78 is 2.12. The summed E-state index contributed by atoms with van der Waals surface area (Å²) in [5.41, 5.74) is 8.15. The first-order chi connectivity index (χ1) is 9.04. The van der Waals surface area contributed by atoms with E-state index >= 15 is 0 Å². The minimum Gasteiger partial charge on any atom is -0.330 e. The summed E-state index contributed by atoms with van der Waals surface area (Å²) in [7, 11) is 2.04. The van der Waals surface area contributed by atoms with Crippen LogP contribution in [-0.4, -0.2) is 33.6 Å². The van der Waals surface area contributed by atoms with Crippen molar-refractivity contribution in [2.24, 2.45) is 18.7 Å². The molecule has 0 aliphatic carbocycles. The molecule has 2 unspecified atom stereocenters. The molecule has 0 bridgehead atoms. The van der Waals surface area contributed by atoms with Crippen LogP contribution in [0.1, 0.15) is 12.7 Å². The Morgan fingerprint density at radius 2 is 2.15 bits per heavy atom. The number of hydrogen-bond donors (Lipinski definition) is 1. The first-order valence-electron chi connectivity index (χ1n) is 6.63. The molecule has 1 aromatic carbocycles. The second-order valence-corrected chi connectivity index (χ2v) is 5.99. The van der Waals surface area contributed by atoms with E-state index in [9.17, 15) is 0 Å². The highest BCUT2D eigenvalue weighted by atomic mass is 35.5. The van der Waals surface area contributed by atoms with E-state index in [0.717, 1.165) is 41.5 Å². The highest BCUT2D eigenvalue weighted by Gasteiger charge is 2.27. The third-order valence-corrected chi connectivity index (χ3v) is 4.28. The number of hydrogen-bond acceptors (Lipinski definition) is 3. The number of benzene rings is 1. The fourth-order valence-electron chi connectivity index (χ4n) is 2.78. The molecule has 4 nitrogen and oxygen atoms in total. The molecule has 3 rings (SSSR count). The van der Waals surface area contributed by atoms with Gasteiger partial charge in [0, 0.05) is 31.2 Å². The molecule has 1 fully saturated rings. The van der Waals surface area contributed by atoms with E-state index in [1.807, 2.05) is 25.2 Å². The van der Waals surface area contributed by atoms with Crippen LogP contribution in [0.25, 0.3) is 11.0 Å². The number of likely N-dealkylation sites (tertiary alicyclic amines) is 1. The SMILES string of the molecule is CC1CN(Cc2nc3ccc(Cl)cc3n2C)CC1N.Cl. The van der Waals surface area contributed by atoms with Crippen LogP contribution < -0.4 is 5.73 Å². The lowest BCUT2D eigenvalue weighted by Crippen LogP contribution is -2.28. The summed E-state index contributed by atoms with van der Waals surface area (Å²) in [5, 5.41) is 0.749. The lowest BCUT2D eigenvalue weighted by Gasteiger charge is -2.14. The molecule has 20 heavy (non-hydrogen) atoms. The van der Waals surface area contributed by atoms with Gasteiger partial charge in [-0.2, -0.15) is 0 Å². The number of halogens is 2. The maximum atomic E-state index is 6.07. The molecular weight excluding hydrogens is 295 g/mol. The van der Waals surface area contributed by atoms with Gasteiger partial charge >= 0.3 is 0 Å². The molecule has 110 valence electrons. The summed E-state index contributed by atoms with van der Waals surface area (Å²) in [4.78, 5) is 7.06. The Kier molecular flexibility index (Phi) is 4.59. The smallest absolute Gasteiger partial charge is 0.123 e. The molecule has 2 aromatic rings. The molecular formula is C14H20Cl2N4. The van der Waals surface area contributed by atoms with Crippen LogP contribution in [0.5, 0.6) is 0 Å². The van der Waals surface area contributed by atoms with Crippen molar-refractivity contribution in [1.29, 1.82) is 0 Å². The van der Waals surface area contributed by atoms with Gasteiger partial charge in [-0.15, -0.1) is 12.4 Å². The summed E-state index contributed by atoms with van der Waals surface area (Å²) in [6.45, 7) is 5.05. The Bertz CT molecular complexity index is 600. The van der Waals surface area contributed by atoms with Gasteiger partial charge in [0.05, 0.1) is 17.6 Å². The Labute approximate surface area is 130 Å². The summed E-state index contributed by atoms with van der Waals surface area (Å²) >= 11 is 6.04. The van der Waals surface area contributed by atoms with Crippen LogP contribution in [0.3, 0.4) is 0 Å². The van der Waals surface area contributed by atoms with Crippen molar-refractivity contribution in [2.45, 2.75) is 19.5 Å². The van der Waals surface area contributed by atoms with Crippen molar-refractivity contribution in [3.8, 4) is 0 Å². The van der Waals surface area contributed by atoms with Crippen LogP contribution in [-0.2, 0) is 13.6 Å². The van der Waals surface area contributed by atoms with E-state index in [0.29, 0.717) is 5.92 Å². The van der Waals surface area contributed by atoms with Crippen molar-refractivity contribution in [3.63, 3.8) is 0 Å². The lowest BCUT2D eigenvalue weighted by molar-refractivity contribution is 0.307. The van der Waals surface area contributed by atoms with Gasteiger partial charge in [-0.1, -0.05) is 18.5 Å². The van der Waals surface area contributed by atoms with E-state index in [4.69, 9.17) is 17.3 Å². The van der Waals surface area contributed by atoms with E-state index in [1.54, 1.807) is 0 Å². The number of nitrogens with two attached hydrogens (primary N) is 1. The van der Waals surface area contributed by atoms with E-state index in [-0.39, 0.29) is 18.4 Å². The molecule has 1 saturated heterocycles. The maximum Gasteiger partial charge on any atom is 0.123 e. The monoisotopic (exact) mass is 314 g/mol. The molecule has 1 aromatic heterocycles. The third-order valence-electron chi connectivity index (χ3n) is 4.05. The first kappa shape index (κ1) is 15.6. The van der Waals surface area contributed by atoms with Crippen molar-refractivity contribution in [3.05, 3.63) is 29.0 Å². The van der Waals surface area contributed by atoms with Crippen LogP contribution in [0.2, 0.25) is 5.02 Å². The predicted octanol–water partition coefficient (Wildman–Crippen LogP) is 2.43. The van der Waals surface area contributed by atoms with E-state index < -0.39 is 0 Å². The third kappa shape index (κ3) is 2.79. The average Bonchev–Trinajstić information content (AvgIpc) is 2.83. The van der Waals surface area contributed by atoms with Gasteiger partial charge in [0.25, 0.3) is 0 Å². The minimum atomic E-state index is 0. The standard InChI is InChI=1S/C14H19ClN4.ClH/c1-9-6-19(7-11(9)16)8-14-17-12-4-3-10(15)5-13(12)18(14)2;/h3-5,9,11H,6-8,16H2,1-2H3;1H. The molecule has 2 atom stereocenters. The maximum absolute atomic E-state index is 6.07. The molecule has 0 amide bonds. The quantitative estimate of drug-likeness (QED) is 0.926. The lowest BCUT2D eigenvalue weighted by atomic mass is 10.1.